The first-order chi connectivity index (χ1) is 4.93. The van der Waals surface area contributed by atoms with Gasteiger partial charge in [-0.1, -0.05) is 13.0 Å². The van der Waals surface area contributed by atoms with Crippen molar-refractivity contribution in [2.75, 3.05) is 6.54 Å². The number of hydrogen-bond donors (Lipinski definition) is 1. The van der Waals surface area contributed by atoms with E-state index in [0.29, 0.717) is 0 Å². The summed E-state index contributed by atoms with van der Waals surface area (Å²) in [4.78, 5) is 4.12. The Labute approximate surface area is 89.5 Å². The molecular formula is C7H12Cl2N2S. The van der Waals surface area contributed by atoms with E-state index in [1.807, 2.05) is 18.2 Å². The minimum Gasteiger partial charge on any atom is -0.259 e. The number of rotatable bonds is 3. The van der Waals surface area contributed by atoms with Crippen molar-refractivity contribution >= 4 is 36.8 Å². The molecule has 0 aliphatic heterocycles. The summed E-state index contributed by atoms with van der Waals surface area (Å²) in [7, 11) is 0. The van der Waals surface area contributed by atoms with Crippen molar-refractivity contribution < 1.29 is 0 Å². The first-order valence-electron chi connectivity index (χ1n) is 3.24. The maximum atomic E-state index is 4.12. The van der Waals surface area contributed by atoms with E-state index in [1.165, 1.54) is 0 Å². The van der Waals surface area contributed by atoms with E-state index in [0.717, 1.165) is 11.6 Å². The molecule has 0 aliphatic carbocycles. The second-order valence-electron chi connectivity index (χ2n) is 1.77. The van der Waals surface area contributed by atoms with Crippen LogP contribution in [0, 0.1) is 0 Å². The highest BCUT2D eigenvalue weighted by atomic mass is 35.5. The fourth-order valence-electron chi connectivity index (χ4n) is 0.554. The Hall–Kier alpha value is 0.0400. The Morgan fingerprint density at radius 1 is 1.42 bits per heavy atom. The van der Waals surface area contributed by atoms with Crippen molar-refractivity contribution in [3.8, 4) is 0 Å². The van der Waals surface area contributed by atoms with Crippen LogP contribution < -0.4 is 4.72 Å². The molecule has 1 aromatic rings. The zero-order valence-corrected chi connectivity index (χ0v) is 9.14. The largest absolute Gasteiger partial charge is 0.259 e. The summed E-state index contributed by atoms with van der Waals surface area (Å²) >= 11 is 1.56. The fraction of sp³-hybridized carbons (Fsp3) is 0.286. The number of halogens is 2. The van der Waals surface area contributed by atoms with Crippen LogP contribution in [-0.2, 0) is 0 Å². The van der Waals surface area contributed by atoms with Crippen LogP contribution in [0.5, 0.6) is 0 Å². The number of aromatic nitrogens is 1. The number of hydrogen-bond acceptors (Lipinski definition) is 3. The Bertz CT molecular complexity index is 184. The predicted molar refractivity (Wildman–Crippen MR) is 58.3 cm³/mol. The van der Waals surface area contributed by atoms with Gasteiger partial charge in [0.05, 0.1) is 0 Å². The first kappa shape index (κ1) is 14.6. The Morgan fingerprint density at radius 2 is 2.17 bits per heavy atom. The molecule has 12 heavy (non-hydrogen) atoms. The minimum absolute atomic E-state index is 0. The third-order valence-electron chi connectivity index (χ3n) is 0.959. The summed E-state index contributed by atoms with van der Waals surface area (Å²) in [5.74, 6) is 0. The summed E-state index contributed by atoms with van der Waals surface area (Å²) in [6.07, 6.45) is 1.79. The molecule has 0 radical (unpaired) electrons. The van der Waals surface area contributed by atoms with Crippen molar-refractivity contribution in [3.63, 3.8) is 0 Å². The van der Waals surface area contributed by atoms with Gasteiger partial charge in [0, 0.05) is 12.7 Å². The van der Waals surface area contributed by atoms with Crippen LogP contribution in [0.25, 0.3) is 0 Å². The van der Waals surface area contributed by atoms with Crippen LogP contribution in [0.1, 0.15) is 6.92 Å². The number of nitrogens with zero attached hydrogens (tertiary/aromatic N) is 1. The topological polar surface area (TPSA) is 24.9 Å². The van der Waals surface area contributed by atoms with Crippen LogP contribution in [0.3, 0.4) is 0 Å². The number of nitrogens with one attached hydrogen (secondary N) is 1. The van der Waals surface area contributed by atoms with Gasteiger partial charge in [0.25, 0.3) is 0 Å². The Kier molecular flexibility index (Phi) is 11.1. The van der Waals surface area contributed by atoms with E-state index in [2.05, 4.69) is 16.6 Å². The van der Waals surface area contributed by atoms with Gasteiger partial charge >= 0.3 is 0 Å². The second-order valence-corrected chi connectivity index (χ2v) is 2.68. The Balaban J connectivity index is 0. The van der Waals surface area contributed by atoms with Gasteiger partial charge in [-0.15, -0.1) is 24.8 Å². The van der Waals surface area contributed by atoms with Crippen molar-refractivity contribution in [2.45, 2.75) is 11.9 Å². The van der Waals surface area contributed by atoms with E-state index in [-0.39, 0.29) is 24.8 Å². The highest BCUT2D eigenvalue weighted by Crippen LogP contribution is 2.07. The summed E-state index contributed by atoms with van der Waals surface area (Å²) < 4.78 is 3.12. The van der Waals surface area contributed by atoms with Crippen LogP contribution in [0.2, 0.25) is 0 Å². The van der Waals surface area contributed by atoms with E-state index < -0.39 is 0 Å². The maximum Gasteiger partial charge on any atom is 0.111 e. The molecule has 1 heterocycles. The molecule has 0 saturated heterocycles. The van der Waals surface area contributed by atoms with E-state index in [9.17, 15) is 0 Å². The molecule has 1 aromatic heterocycles. The Morgan fingerprint density at radius 3 is 2.67 bits per heavy atom. The average molecular weight is 227 g/mol. The van der Waals surface area contributed by atoms with Gasteiger partial charge in [-0.3, -0.25) is 4.72 Å². The normalized spacial score (nSPS) is 8.08. The van der Waals surface area contributed by atoms with Crippen LogP contribution in [0.15, 0.2) is 29.4 Å². The predicted octanol–water partition coefficient (Wildman–Crippen LogP) is 2.54. The molecule has 1 rings (SSSR count). The average Bonchev–Trinajstić information content (AvgIpc) is 2.03. The van der Waals surface area contributed by atoms with Crippen molar-refractivity contribution in [1.29, 1.82) is 0 Å². The van der Waals surface area contributed by atoms with Gasteiger partial charge in [-0.25, -0.2) is 4.98 Å². The van der Waals surface area contributed by atoms with Crippen molar-refractivity contribution in [3.05, 3.63) is 24.4 Å². The molecular weight excluding hydrogens is 215 g/mol. The van der Waals surface area contributed by atoms with Gasteiger partial charge in [-0.05, 0) is 24.1 Å². The molecule has 0 fully saturated rings. The summed E-state index contributed by atoms with van der Waals surface area (Å²) in [5.41, 5.74) is 0. The molecule has 0 atom stereocenters. The van der Waals surface area contributed by atoms with Crippen molar-refractivity contribution in [2.24, 2.45) is 0 Å². The molecule has 0 saturated carbocycles. The molecule has 0 aromatic carbocycles. The maximum absolute atomic E-state index is 4.12. The minimum atomic E-state index is 0. The molecule has 0 aliphatic rings. The molecule has 0 spiro atoms. The summed E-state index contributed by atoms with van der Waals surface area (Å²) in [6.45, 7) is 3.02. The molecule has 2 nitrogen and oxygen atoms in total. The monoisotopic (exact) mass is 226 g/mol. The van der Waals surface area contributed by atoms with Crippen LogP contribution in [-0.4, -0.2) is 11.5 Å². The first-order valence-corrected chi connectivity index (χ1v) is 4.06. The molecule has 70 valence electrons. The van der Waals surface area contributed by atoms with Crippen molar-refractivity contribution in [1.82, 2.24) is 9.71 Å². The molecule has 0 unspecified atom stereocenters. The standard InChI is InChI=1S/C7H10N2S.2ClH/c1-2-9-10-7-5-3-4-6-8-7;;/h3-6,9H,2H2,1H3;2*1H. The SMILES string of the molecule is CCNSc1ccccn1.Cl.Cl. The lowest BCUT2D eigenvalue weighted by Gasteiger charge is -1.97. The summed E-state index contributed by atoms with van der Waals surface area (Å²) in [5, 5.41) is 1.02. The second kappa shape index (κ2) is 9.13. The third-order valence-corrected chi connectivity index (χ3v) is 1.84. The van der Waals surface area contributed by atoms with Gasteiger partial charge in [0.1, 0.15) is 5.03 Å². The van der Waals surface area contributed by atoms with E-state index >= 15 is 0 Å². The molecule has 1 N–H and O–H groups in total. The van der Waals surface area contributed by atoms with Gasteiger partial charge < -0.3 is 0 Å². The molecule has 0 amide bonds. The fourth-order valence-corrected chi connectivity index (χ4v) is 1.11. The smallest absolute Gasteiger partial charge is 0.111 e. The van der Waals surface area contributed by atoms with Crippen LogP contribution in [0.4, 0.5) is 0 Å². The quantitative estimate of drug-likeness (QED) is 0.803. The highest BCUT2D eigenvalue weighted by molar-refractivity contribution is 7.97. The van der Waals surface area contributed by atoms with E-state index in [4.69, 9.17) is 0 Å². The zero-order chi connectivity index (χ0) is 7.23. The molecule has 5 heteroatoms. The lowest BCUT2D eigenvalue weighted by atomic mass is 10.5. The van der Waals surface area contributed by atoms with Gasteiger partial charge in [0.15, 0.2) is 0 Å². The lowest BCUT2D eigenvalue weighted by molar-refractivity contribution is 1.02. The third kappa shape index (κ3) is 5.66. The van der Waals surface area contributed by atoms with Crippen LogP contribution >= 0.6 is 36.8 Å². The lowest BCUT2D eigenvalue weighted by Crippen LogP contribution is -2.00. The number of pyridine rings is 1. The zero-order valence-electron chi connectivity index (χ0n) is 6.69. The van der Waals surface area contributed by atoms with E-state index in [1.54, 1.807) is 18.1 Å². The summed E-state index contributed by atoms with van der Waals surface area (Å²) in [6, 6.07) is 5.87. The highest BCUT2D eigenvalue weighted by Gasteiger charge is 1.88. The molecule has 0 bridgehead atoms. The van der Waals surface area contributed by atoms with Gasteiger partial charge in [-0.2, -0.15) is 0 Å². The van der Waals surface area contributed by atoms with Gasteiger partial charge in [0.2, 0.25) is 0 Å².